The number of aryl methyl sites for hydroxylation is 1. The summed E-state index contributed by atoms with van der Waals surface area (Å²) in [5.41, 5.74) is 2.47. The van der Waals surface area contributed by atoms with Gasteiger partial charge in [0, 0.05) is 66.5 Å². The monoisotopic (exact) mass is 511 g/mol. The van der Waals surface area contributed by atoms with Crippen molar-refractivity contribution in [1.29, 1.82) is 0 Å². The summed E-state index contributed by atoms with van der Waals surface area (Å²) in [6, 6.07) is 9.41. The topological polar surface area (TPSA) is 107 Å². The number of nitrogens with one attached hydrogen (secondary N) is 2. The maximum absolute atomic E-state index is 14.3. The van der Waals surface area contributed by atoms with Crippen LogP contribution in [0.2, 0.25) is 5.02 Å². The highest BCUT2D eigenvalue weighted by Gasteiger charge is 2.21. The van der Waals surface area contributed by atoms with E-state index in [0.717, 1.165) is 13.1 Å². The predicted octanol–water partition coefficient (Wildman–Crippen LogP) is 3.44. The number of benzene rings is 1. The molecule has 3 aromatic rings. The Bertz CT molecular complexity index is 1270. The lowest BCUT2D eigenvalue weighted by atomic mass is 10.1. The molecule has 2 aromatic heterocycles. The summed E-state index contributed by atoms with van der Waals surface area (Å²) in [5.74, 6) is -0.407. The Hall–Kier alpha value is -3.60. The Morgan fingerprint density at radius 3 is 2.89 bits per heavy atom. The van der Waals surface area contributed by atoms with E-state index in [1.165, 1.54) is 24.3 Å². The largest absolute Gasteiger partial charge is 0.395 e. The maximum atomic E-state index is 14.3. The fourth-order valence-electron chi connectivity index (χ4n) is 3.78. The number of hydrogen-bond acceptors (Lipinski definition) is 8. The molecule has 36 heavy (non-hydrogen) atoms. The van der Waals surface area contributed by atoms with Gasteiger partial charge in [0.1, 0.15) is 11.6 Å². The molecule has 1 aromatic carbocycles. The zero-order chi connectivity index (χ0) is 25.7. The third-order valence-electron chi connectivity index (χ3n) is 5.93. The van der Waals surface area contributed by atoms with E-state index in [9.17, 15) is 14.3 Å². The molecule has 1 aliphatic heterocycles. The molecule has 4 rings (SSSR count). The number of amides is 1. The van der Waals surface area contributed by atoms with Gasteiger partial charge in [-0.05, 0) is 44.3 Å². The van der Waals surface area contributed by atoms with Crippen LogP contribution in [0.3, 0.4) is 0 Å². The number of piperazine rings is 1. The van der Waals surface area contributed by atoms with Crippen molar-refractivity contribution in [2.45, 2.75) is 13.0 Å². The molecule has 188 valence electrons. The second-order valence-electron chi connectivity index (χ2n) is 8.52. The second-order valence-corrected chi connectivity index (χ2v) is 8.96. The van der Waals surface area contributed by atoms with Gasteiger partial charge in [0.2, 0.25) is 0 Å². The van der Waals surface area contributed by atoms with Gasteiger partial charge in [0.25, 0.3) is 5.91 Å². The van der Waals surface area contributed by atoms with E-state index >= 15 is 0 Å². The van der Waals surface area contributed by atoms with Gasteiger partial charge in [-0.3, -0.25) is 9.69 Å². The van der Waals surface area contributed by atoms with E-state index in [1.54, 1.807) is 37.5 Å². The Balaban J connectivity index is 1.43. The van der Waals surface area contributed by atoms with Crippen molar-refractivity contribution in [2.24, 2.45) is 0 Å². The van der Waals surface area contributed by atoms with Gasteiger partial charge in [-0.1, -0.05) is 11.6 Å². The van der Waals surface area contributed by atoms with Crippen LogP contribution in [-0.4, -0.2) is 75.3 Å². The van der Waals surface area contributed by atoms with Crippen molar-refractivity contribution in [1.82, 2.24) is 25.0 Å². The minimum Gasteiger partial charge on any atom is -0.395 e. The zero-order valence-electron chi connectivity index (χ0n) is 19.9. The van der Waals surface area contributed by atoms with E-state index < -0.39 is 5.82 Å². The molecule has 3 N–H and O–H groups in total. The first-order valence-corrected chi connectivity index (χ1v) is 11.8. The second kappa shape index (κ2) is 11.4. The average Bonchev–Trinajstić information content (AvgIpc) is 2.86. The minimum atomic E-state index is -0.450. The van der Waals surface area contributed by atoms with Crippen LogP contribution >= 0.6 is 11.6 Å². The van der Waals surface area contributed by atoms with Gasteiger partial charge in [-0.15, -0.1) is 0 Å². The number of aromatic nitrogens is 3. The molecule has 0 saturated carbocycles. The normalized spacial score (nSPS) is 16.4. The Morgan fingerprint density at radius 2 is 2.08 bits per heavy atom. The van der Waals surface area contributed by atoms with Crippen LogP contribution in [0.5, 0.6) is 0 Å². The summed E-state index contributed by atoms with van der Waals surface area (Å²) in [5, 5.41) is 24.1. The molecule has 1 fully saturated rings. The number of carbonyl (C=O) groups excluding carboxylic acids is 1. The lowest BCUT2D eigenvalue weighted by molar-refractivity contribution is -0.112. The van der Waals surface area contributed by atoms with Gasteiger partial charge in [-0.25, -0.2) is 9.37 Å². The zero-order valence-corrected chi connectivity index (χ0v) is 20.7. The number of pyridine rings is 1. The van der Waals surface area contributed by atoms with Gasteiger partial charge in [-0.2, -0.15) is 10.2 Å². The highest BCUT2D eigenvalue weighted by atomic mass is 35.5. The number of nitrogens with zero attached hydrogens (tertiary/aromatic N) is 5. The van der Waals surface area contributed by atoms with Crippen LogP contribution in [0.25, 0.3) is 11.3 Å². The van der Waals surface area contributed by atoms with Crippen molar-refractivity contribution in [3.63, 3.8) is 0 Å². The molecule has 1 unspecified atom stereocenters. The Kier molecular flexibility index (Phi) is 8.09. The van der Waals surface area contributed by atoms with Crippen LogP contribution in [0, 0.1) is 12.7 Å². The number of aliphatic hydroxyl groups is 1. The van der Waals surface area contributed by atoms with E-state index in [0.29, 0.717) is 40.1 Å². The molecule has 1 aliphatic rings. The van der Waals surface area contributed by atoms with Crippen molar-refractivity contribution >= 4 is 34.7 Å². The van der Waals surface area contributed by atoms with Crippen molar-refractivity contribution < 1.29 is 14.3 Å². The number of hydrogen-bond donors (Lipinski definition) is 3. The van der Waals surface area contributed by atoms with Crippen LogP contribution in [0.15, 0.2) is 54.9 Å². The SMILES string of the molecule is Cc1nnc(-c2cc(Cl)ccc2F)cc1Nc1ccnc(NC(=O)C=CN2CCN(C)C(CO)C2)c1. The first kappa shape index (κ1) is 25.5. The van der Waals surface area contributed by atoms with Crippen LogP contribution in [-0.2, 0) is 4.79 Å². The Labute approximate surface area is 213 Å². The van der Waals surface area contributed by atoms with Gasteiger partial charge >= 0.3 is 0 Å². The standard InChI is InChI=1S/C25H27ClFN7O2/c1-16-22(13-23(32-31-16)20-11-17(26)3-4-21(20)27)29-18-5-7-28-24(12-18)30-25(36)6-8-34-10-9-33(2)19(14-34)15-35/h3-8,11-13,19,35H,9-10,14-15H2,1-2H3,(H2,28,29,30,32,36). The number of halogens is 2. The summed E-state index contributed by atoms with van der Waals surface area (Å²) >= 11 is 6.02. The lowest BCUT2D eigenvalue weighted by Gasteiger charge is -2.38. The molecule has 1 amide bonds. The van der Waals surface area contributed by atoms with Crippen LogP contribution < -0.4 is 10.6 Å². The maximum Gasteiger partial charge on any atom is 0.250 e. The van der Waals surface area contributed by atoms with Gasteiger partial charge in [0.15, 0.2) is 0 Å². The number of likely N-dealkylation sites (N-methyl/N-ethyl adjacent to an activating group) is 1. The molecular formula is C25H27ClFN7O2. The van der Waals surface area contributed by atoms with Crippen LogP contribution in [0.4, 0.5) is 21.6 Å². The Morgan fingerprint density at radius 1 is 1.25 bits per heavy atom. The predicted molar refractivity (Wildman–Crippen MR) is 138 cm³/mol. The van der Waals surface area contributed by atoms with Crippen molar-refractivity contribution in [3.05, 3.63) is 71.4 Å². The first-order valence-electron chi connectivity index (χ1n) is 11.4. The summed E-state index contributed by atoms with van der Waals surface area (Å²) < 4.78 is 14.3. The third kappa shape index (κ3) is 6.34. The number of anilines is 3. The molecule has 1 saturated heterocycles. The van der Waals surface area contributed by atoms with Crippen molar-refractivity contribution in [2.75, 3.05) is 43.9 Å². The molecule has 0 aliphatic carbocycles. The fourth-order valence-corrected chi connectivity index (χ4v) is 3.95. The smallest absolute Gasteiger partial charge is 0.250 e. The molecule has 0 radical (unpaired) electrons. The molecular weight excluding hydrogens is 485 g/mol. The van der Waals surface area contributed by atoms with E-state index in [1.807, 2.05) is 11.9 Å². The average molecular weight is 512 g/mol. The number of carbonyl (C=O) groups is 1. The highest BCUT2D eigenvalue weighted by molar-refractivity contribution is 6.30. The van der Waals surface area contributed by atoms with E-state index in [4.69, 9.17) is 11.6 Å². The van der Waals surface area contributed by atoms with Crippen LogP contribution in [0.1, 0.15) is 5.69 Å². The van der Waals surface area contributed by atoms with Crippen molar-refractivity contribution in [3.8, 4) is 11.3 Å². The number of rotatable bonds is 7. The van der Waals surface area contributed by atoms with Gasteiger partial charge < -0.3 is 20.6 Å². The quantitative estimate of drug-likeness (QED) is 0.414. The minimum absolute atomic E-state index is 0.0397. The lowest BCUT2D eigenvalue weighted by Crippen LogP contribution is -2.51. The molecule has 9 nitrogen and oxygen atoms in total. The molecule has 0 spiro atoms. The van der Waals surface area contributed by atoms with E-state index in [-0.39, 0.29) is 24.1 Å². The fraction of sp³-hybridized carbons (Fsp3) is 0.280. The first-order chi connectivity index (χ1) is 17.3. The summed E-state index contributed by atoms with van der Waals surface area (Å²) in [4.78, 5) is 20.8. The molecule has 11 heteroatoms. The molecule has 1 atom stereocenters. The highest BCUT2D eigenvalue weighted by Crippen LogP contribution is 2.28. The summed E-state index contributed by atoms with van der Waals surface area (Å²) in [6.45, 7) is 4.08. The summed E-state index contributed by atoms with van der Waals surface area (Å²) in [7, 11) is 1.97. The van der Waals surface area contributed by atoms with E-state index in [2.05, 4.69) is 30.7 Å². The van der Waals surface area contributed by atoms with Gasteiger partial charge in [0.05, 0.1) is 23.7 Å². The third-order valence-corrected chi connectivity index (χ3v) is 6.16. The molecule has 0 bridgehead atoms. The number of aliphatic hydroxyl groups excluding tert-OH is 1. The molecule has 3 heterocycles. The summed E-state index contributed by atoms with van der Waals surface area (Å²) in [6.07, 6.45) is 4.75.